The molecule has 6 nitrogen and oxygen atoms in total. The average Bonchev–Trinajstić information content (AvgIpc) is 3.38. The van der Waals surface area contributed by atoms with Crippen molar-refractivity contribution in [3.63, 3.8) is 0 Å². The minimum atomic E-state index is 0.341. The van der Waals surface area contributed by atoms with Crippen LogP contribution >= 0.6 is 0 Å². The number of likely N-dealkylation sites (tertiary alicyclic amines) is 1. The zero-order valence-electron chi connectivity index (χ0n) is 19.8. The lowest BCUT2D eigenvalue weighted by Crippen LogP contribution is -2.39. The van der Waals surface area contributed by atoms with Crippen LogP contribution in [0.5, 0.6) is 0 Å². The molecule has 1 saturated carbocycles. The summed E-state index contributed by atoms with van der Waals surface area (Å²) in [6.45, 7) is 10.4. The molecule has 170 valence electrons. The second kappa shape index (κ2) is 8.51. The van der Waals surface area contributed by atoms with Gasteiger partial charge < -0.3 is 14.5 Å². The Morgan fingerprint density at radius 2 is 1.88 bits per heavy atom. The predicted octanol–water partition coefficient (Wildman–Crippen LogP) is 5.78. The number of aromatic amines is 1. The van der Waals surface area contributed by atoms with Crippen LogP contribution in [0.4, 0.5) is 0 Å². The Morgan fingerprint density at radius 1 is 1.12 bits per heavy atom. The molecule has 1 N–H and O–H groups in total. The van der Waals surface area contributed by atoms with E-state index in [0.717, 1.165) is 56.5 Å². The number of nitrogens with zero attached hydrogens (tertiary/aromatic N) is 5. The summed E-state index contributed by atoms with van der Waals surface area (Å²) in [7, 11) is 0. The highest BCUT2D eigenvalue weighted by molar-refractivity contribution is 6.01. The van der Waals surface area contributed by atoms with Gasteiger partial charge in [0, 0.05) is 36.5 Å². The van der Waals surface area contributed by atoms with Gasteiger partial charge in [-0.1, -0.05) is 20.8 Å². The van der Waals surface area contributed by atoms with Gasteiger partial charge in [0.1, 0.15) is 17.0 Å². The molecule has 0 aromatic carbocycles. The number of fused-ring (bicyclic) bond motifs is 3. The summed E-state index contributed by atoms with van der Waals surface area (Å²) in [5.41, 5.74) is 3.58. The first-order valence-corrected chi connectivity index (χ1v) is 12.4. The van der Waals surface area contributed by atoms with Gasteiger partial charge in [0.05, 0.1) is 17.8 Å². The number of hydrogen-bond donors (Lipinski definition) is 1. The number of nitriles is 1. The molecule has 5 rings (SSSR count). The van der Waals surface area contributed by atoms with E-state index in [1.54, 1.807) is 0 Å². The van der Waals surface area contributed by atoms with Gasteiger partial charge in [0.15, 0.2) is 0 Å². The number of imidazole rings is 1. The third-order valence-corrected chi connectivity index (χ3v) is 7.47. The van der Waals surface area contributed by atoms with Gasteiger partial charge in [-0.2, -0.15) is 5.26 Å². The highest BCUT2D eigenvalue weighted by Gasteiger charge is 2.32. The van der Waals surface area contributed by atoms with E-state index in [1.165, 1.54) is 29.6 Å². The molecule has 3 aromatic rings. The van der Waals surface area contributed by atoms with Gasteiger partial charge in [0.25, 0.3) is 0 Å². The van der Waals surface area contributed by atoms with Crippen LogP contribution in [0.1, 0.15) is 83.5 Å². The van der Waals surface area contributed by atoms with Crippen LogP contribution in [-0.4, -0.2) is 44.1 Å². The van der Waals surface area contributed by atoms with Crippen LogP contribution in [0.25, 0.3) is 22.1 Å². The van der Waals surface area contributed by atoms with Crippen molar-refractivity contribution < 1.29 is 0 Å². The lowest BCUT2D eigenvalue weighted by Gasteiger charge is -2.37. The predicted molar refractivity (Wildman–Crippen MR) is 128 cm³/mol. The lowest BCUT2D eigenvalue weighted by molar-refractivity contribution is 0.150. The fourth-order valence-electron chi connectivity index (χ4n) is 6.02. The second-order valence-corrected chi connectivity index (χ2v) is 11.2. The molecule has 1 saturated heterocycles. The molecular weight excluding hydrogens is 396 g/mol. The summed E-state index contributed by atoms with van der Waals surface area (Å²) in [6, 6.07) is 5.01. The molecule has 4 heterocycles. The number of H-pyrrole nitrogens is 1. The van der Waals surface area contributed by atoms with Crippen LogP contribution in [0.3, 0.4) is 0 Å². The molecule has 0 amide bonds. The third kappa shape index (κ3) is 4.15. The molecule has 6 heteroatoms. The van der Waals surface area contributed by atoms with Gasteiger partial charge in [-0.05, 0) is 69.0 Å². The average molecular weight is 433 g/mol. The molecule has 3 aromatic heterocycles. The first kappa shape index (κ1) is 21.5. The number of aromatic nitrogens is 4. The number of nitrogens with one attached hydrogen (secondary N) is 1. The van der Waals surface area contributed by atoms with E-state index in [9.17, 15) is 0 Å². The molecule has 0 atom stereocenters. The van der Waals surface area contributed by atoms with Crippen molar-refractivity contribution >= 4 is 22.1 Å². The van der Waals surface area contributed by atoms with Crippen molar-refractivity contribution in [2.75, 3.05) is 19.6 Å². The molecule has 0 radical (unpaired) electrons. The monoisotopic (exact) mass is 432 g/mol. The van der Waals surface area contributed by atoms with Crippen LogP contribution < -0.4 is 0 Å². The van der Waals surface area contributed by atoms with E-state index < -0.39 is 0 Å². The fourth-order valence-corrected chi connectivity index (χ4v) is 6.02. The maximum atomic E-state index is 9.13. The summed E-state index contributed by atoms with van der Waals surface area (Å²) in [6.07, 6.45) is 11.5. The zero-order valence-corrected chi connectivity index (χ0v) is 19.8. The van der Waals surface area contributed by atoms with E-state index in [-0.39, 0.29) is 0 Å². The van der Waals surface area contributed by atoms with Gasteiger partial charge >= 0.3 is 0 Å². The molecule has 1 aliphatic carbocycles. The summed E-state index contributed by atoms with van der Waals surface area (Å²) in [5, 5.41) is 10.3. The van der Waals surface area contributed by atoms with Gasteiger partial charge in [-0.3, -0.25) is 0 Å². The van der Waals surface area contributed by atoms with Crippen molar-refractivity contribution in [3.8, 4) is 6.07 Å². The van der Waals surface area contributed by atoms with E-state index in [0.29, 0.717) is 29.7 Å². The van der Waals surface area contributed by atoms with Crippen molar-refractivity contribution in [3.05, 3.63) is 24.3 Å². The molecular formula is C26H36N6. The smallest absolute Gasteiger partial charge is 0.139 e. The largest absolute Gasteiger partial charge is 0.346 e. The summed E-state index contributed by atoms with van der Waals surface area (Å²) >= 11 is 0. The topological polar surface area (TPSA) is 73.5 Å². The molecule has 2 fully saturated rings. The first-order chi connectivity index (χ1) is 15.4. The molecule has 0 unspecified atom stereocenters. The maximum absolute atomic E-state index is 9.13. The van der Waals surface area contributed by atoms with Crippen LogP contribution in [-0.2, 0) is 0 Å². The molecule has 1 aliphatic heterocycles. The van der Waals surface area contributed by atoms with E-state index >= 15 is 0 Å². The number of rotatable bonds is 4. The normalized spacial score (nSPS) is 23.7. The Balaban J connectivity index is 1.48. The van der Waals surface area contributed by atoms with E-state index in [2.05, 4.69) is 52.3 Å². The Labute approximate surface area is 191 Å². The van der Waals surface area contributed by atoms with Crippen molar-refractivity contribution in [1.82, 2.24) is 24.4 Å². The fraction of sp³-hybridized carbons (Fsp3) is 0.654. The third-order valence-electron chi connectivity index (χ3n) is 7.47. The Bertz CT molecular complexity index is 1110. The van der Waals surface area contributed by atoms with Crippen molar-refractivity contribution in [2.45, 2.75) is 77.7 Å². The summed E-state index contributed by atoms with van der Waals surface area (Å²) in [5.74, 6) is 2.34. The number of pyridine rings is 1. The Hall–Kier alpha value is -2.39. The summed E-state index contributed by atoms with van der Waals surface area (Å²) < 4.78 is 2.60. The summed E-state index contributed by atoms with van der Waals surface area (Å²) in [4.78, 5) is 15.8. The molecule has 32 heavy (non-hydrogen) atoms. The minimum absolute atomic E-state index is 0.341. The molecule has 0 bridgehead atoms. The molecule has 0 spiro atoms. The molecule has 2 aliphatic rings. The first-order valence-electron chi connectivity index (χ1n) is 12.4. The van der Waals surface area contributed by atoms with Gasteiger partial charge in [-0.25, -0.2) is 9.97 Å². The quantitative estimate of drug-likeness (QED) is 0.567. The highest BCUT2D eigenvalue weighted by atomic mass is 15.2. The van der Waals surface area contributed by atoms with Gasteiger partial charge in [0.2, 0.25) is 0 Å². The number of piperidine rings is 1. The standard InChI is InChI=1S/C26H36N6/c1-26(2,3)17-31-14-10-19(11-15-31)25-30-22-16-29-24-21(9-13-28-24)23(22)32(25)20-6-4-18(5-7-20)8-12-27/h9,13,16,18-20H,4-8,10-11,14-15,17H2,1-3H3,(H,28,29). The maximum Gasteiger partial charge on any atom is 0.139 e. The highest BCUT2D eigenvalue weighted by Crippen LogP contribution is 2.41. The Kier molecular flexibility index (Phi) is 5.71. The minimum Gasteiger partial charge on any atom is -0.346 e. The number of hydrogen-bond acceptors (Lipinski definition) is 4. The van der Waals surface area contributed by atoms with Crippen LogP contribution in [0.2, 0.25) is 0 Å². The van der Waals surface area contributed by atoms with Crippen molar-refractivity contribution in [2.24, 2.45) is 11.3 Å². The lowest BCUT2D eigenvalue weighted by atomic mass is 9.84. The van der Waals surface area contributed by atoms with Crippen LogP contribution in [0.15, 0.2) is 18.5 Å². The zero-order chi connectivity index (χ0) is 22.3. The van der Waals surface area contributed by atoms with E-state index in [4.69, 9.17) is 10.2 Å². The SMILES string of the molecule is CC(C)(C)CN1CCC(c2nc3cnc4[nH]ccc4c3n2C2CCC(CC#N)CC2)CC1. The Morgan fingerprint density at radius 3 is 2.56 bits per heavy atom. The van der Waals surface area contributed by atoms with E-state index in [1.807, 2.05) is 12.4 Å². The second-order valence-electron chi connectivity index (χ2n) is 11.2. The van der Waals surface area contributed by atoms with Gasteiger partial charge in [-0.15, -0.1) is 0 Å². The van der Waals surface area contributed by atoms with Crippen molar-refractivity contribution in [1.29, 1.82) is 5.26 Å². The van der Waals surface area contributed by atoms with Crippen LogP contribution in [0, 0.1) is 22.7 Å².